The summed E-state index contributed by atoms with van der Waals surface area (Å²) in [5.74, 6) is -2.32. The number of sulfone groups is 1. The second kappa shape index (κ2) is 4.81. The van der Waals surface area contributed by atoms with E-state index >= 15 is 0 Å². The highest BCUT2D eigenvalue weighted by molar-refractivity contribution is 8.11. The summed E-state index contributed by atoms with van der Waals surface area (Å²) in [7, 11) is -4.04. The molecule has 2 rings (SSSR count). The van der Waals surface area contributed by atoms with Crippen molar-refractivity contribution in [1.29, 1.82) is 0 Å². The SMILES string of the molecule is O=C(O)C1=NC(COc2ccccc2F)=CS1(=O)=O. The first-order valence-corrected chi connectivity index (χ1v) is 6.60. The molecule has 1 N–H and O–H groups in total. The summed E-state index contributed by atoms with van der Waals surface area (Å²) in [5, 5.41) is 8.39. The average Bonchev–Trinajstić information content (AvgIpc) is 2.63. The summed E-state index contributed by atoms with van der Waals surface area (Å²) < 4.78 is 41.0. The molecule has 1 heterocycles. The first-order chi connectivity index (χ1) is 8.90. The maximum Gasteiger partial charge on any atom is 0.366 e. The molecule has 8 heteroatoms. The first-order valence-electron chi connectivity index (χ1n) is 5.05. The molecule has 0 saturated carbocycles. The minimum atomic E-state index is -4.04. The van der Waals surface area contributed by atoms with E-state index in [4.69, 9.17) is 9.84 Å². The van der Waals surface area contributed by atoms with Gasteiger partial charge < -0.3 is 9.84 Å². The lowest BCUT2D eigenvalue weighted by atomic mass is 10.3. The fourth-order valence-electron chi connectivity index (χ4n) is 1.40. The lowest BCUT2D eigenvalue weighted by molar-refractivity contribution is -0.129. The Labute approximate surface area is 107 Å². The van der Waals surface area contributed by atoms with Gasteiger partial charge in [-0.2, -0.15) is 0 Å². The van der Waals surface area contributed by atoms with Gasteiger partial charge in [-0.25, -0.2) is 22.6 Å². The van der Waals surface area contributed by atoms with Gasteiger partial charge in [0, 0.05) is 0 Å². The van der Waals surface area contributed by atoms with Gasteiger partial charge in [0.15, 0.2) is 11.6 Å². The molecule has 0 saturated heterocycles. The number of rotatable bonds is 4. The van der Waals surface area contributed by atoms with E-state index in [1.165, 1.54) is 18.2 Å². The largest absolute Gasteiger partial charge is 0.484 e. The van der Waals surface area contributed by atoms with Crippen LogP contribution in [-0.2, 0) is 14.6 Å². The van der Waals surface area contributed by atoms with Crippen molar-refractivity contribution in [3.63, 3.8) is 0 Å². The summed E-state index contributed by atoms with van der Waals surface area (Å²) in [6, 6.07) is 5.56. The Morgan fingerprint density at radius 3 is 2.63 bits per heavy atom. The van der Waals surface area contributed by atoms with Crippen molar-refractivity contribution in [2.75, 3.05) is 6.61 Å². The number of aliphatic imine (C=N–C) groups is 1. The zero-order chi connectivity index (χ0) is 14.0. The molecule has 19 heavy (non-hydrogen) atoms. The van der Waals surface area contributed by atoms with E-state index in [9.17, 15) is 17.6 Å². The number of nitrogens with zero attached hydrogens (tertiary/aromatic N) is 1. The summed E-state index contributed by atoms with van der Waals surface area (Å²) in [6.07, 6.45) is 0. The highest BCUT2D eigenvalue weighted by atomic mass is 32.2. The molecular weight excluding hydrogens is 277 g/mol. The van der Waals surface area contributed by atoms with Crippen molar-refractivity contribution in [2.45, 2.75) is 0 Å². The molecule has 100 valence electrons. The molecule has 0 atom stereocenters. The number of hydrogen-bond donors (Lipinski definition) is 1. The van der Waals surface area contributed by atoms with Crippen molar-refractivity contribution in [3.8, 4) is 5.75 Å². The minimum absolute atomic E-state index is 0.0697. The number of halogens is 1. The van der Waals surface area contributed by atoms with Crippen LogP contribution in [-0.4, -0.2) is 31.1 Å². The van der Waals surface area contributed by atoms with E-state index in [0.717, 1.165) is 0 Å². The van der Waals surface area contributed by atoms with Crippen LogP contribution in [0.2, 0.25) is 0 Å². The van der Waals surface area contributed by atoms with Crippen LogP contribution in [0.25, 0.3) is 0 Å². The van der Waals surface area contributed by atoms with E-state index in [1.807, 2.05) is 0 Å². The molecule has 0 spiro atoms. The van der Waals surface area contributed by atoms with Crippen molar-refractivity contribution in [3.05, 3.63) is 41.2 Å². The summed E-state index contributed by atoms with van der Waals surface area (Å²) >= 11 is 0. The smallest absolute Gasteiger partial charge is 0.366 e. The molecule has 1 aromatic carbocycles. The van der Waals surface area contributed by atoms with Gasteiger partial charge >= 0.3 is 5.97 Å². The number of ether oxygens (including phenoxy) is 1. The molecule has 0 fully saturated rings. The molecule has 0 bridgehead atoms. The van der Waals surface area contributed by atoms with Crippen molar-refractivity contribution >= 4 is 20.9 Å². The molecule has 0 amide bonds. The highest BCUT2D eigenvalue weighted by Gasteiger charge is 2.31. The fraction of sp³-hybridized carbons (Fsp3) is 0.0909. The predicted octanol–water partition coefficient (Wildman–Crippen LogP) is 0.957. The van der Waals surface area contributed by atoms with Gasteiger partial charge in [-0.05, 0) is 12.1 Å². The number of carbonyl (C=O) groups is 1. The number of carboxylic acids is 1. The maximum atomic E-state index is 13.2. The van der Waals surface area contributed by atoms with Crippen LogP contribution < -0.4 is 4.74 Å². The number of aliphatic carboxylic acids is 1. The molecule has 0 aromatic heterocycles. The fourth-order valence-corrected chi connectivity index (χ4v) is 2.48. The van der Waals surface area contributed by atoms with Crippen LogP contribution in [0.15, 0.2) is 40.4 Å². The zero-order valence-corrected chi connectivity index (χ0v) is 10.2. The zero-order valence-electron chi connectivity index (χ0n) is 9.41. The van der Waals surface area contributed by atoms with E-state index in [2.05, 4.69) is 4.99 Å². The molecule has 1 aliphatic heterocycles. The molecular formula is C11H8FNO5S. The van der Waals surface area contributed by atoms with Crippen LogP contribution >= 0.6 is 0 Å². The third-order valence-electron chi connectivity index (χ3n) is 2.20. The van der Waals surface area contributed by atoms with Gasteiger partial charge in [-0.3, -0.25) is 0 Å². The average molecular weight is 285 g/mol. The van der Waals surface area contributed by atoms with E-state index < -0.39 is 26.7 Å². The number of benzene rings is 1. The van der Waals surface area contributed by atoms with Crippen LogP contribution in [0.4, 0.5) is 4.39 Å². The molecule has 1 aliphatic rings. The Balaban J connectivity index is 2.15. The van der Waals surface area contributed by atoms with Crippen molar-refractivity contribution < 1.29 is 27.4 Å². The van der Waals surface area contributed by atoms with Crippen LogP contribution in [0.5, 0.6) is 5.75 Å². The first kappa shape index (κ1) is 13.2. The number of carboxylic acid groups (broad SMARTS) is 1. The van der Waals surface area contributed by atoms with Gasteiger partial charge in [-0.1, -0.05) is 12.1 Å². The standard InChI is InChI=1S/C11H8FNO5S/c12-8-3-1-2-4-9(8)18-5-7-6-19(16,17)10(13-7)11(14)15/h1-4,6H,5H2,(H,14,15). The van der Waals surface area contributed by atoms with E-state index in [0.29, 0.717) is 5.41 Å². The Morgan fingerprint density at radius 1 is 1.37 bits per heavy atom. The maximum absolute atomic E-state index is 13.2. The Bertz CT molecular complexity index is 693. The van der Waals surface area contributed by atoms with Gasteiger partial charge in [-0.15, -0.1) is 0 Å². The summed E-state index contributed by atoms with van der Waals surface area (Å²) in [6.45, 7) is -0.336. The number of para-hydroxylation sites is 1. The van der Waals surface area contributed by atoms with Gasteiger partial charge in [0.2, 0.25) is 14.9 Å². The second-order valence-electron chi connectivity index (χ2n) is 3.60. The van der Waals surface area contributed by atoms with Crippen molar-refractivity contribution in [1.82, 2.24) is 0 Å². The van der Waals surface area contributed by atoms with Crippen LogP contribution in [0, 0.1) is 5.82 Å². The Kier molecular flexibility index (Phi) is 3.34. The van der Waals surface area contributed by atoms with Gasteiger partial charge in [0.1, 0.15) is 6.61 Å². The monoisotopic (exact) mass is 285 g/mol. The quantitative estimate of drug-likeness (QED) is 0.889. The van der Waals surface area contributed by atoms with E-state index in [1.54, 1.807) is 6.07 Å². The lowest BCUT2D eigenvalue weighted by Crippen LogP contribution is -2.19. The lowest BCUT2D eigenvalue weighted by Gasteiger charge is -2.05. The topological polar surface area (TPSA) is 93.0 Å². The minimum Gasteiger partial charge on any atom is -0.484 e. The third-order valence-corrected chi connectivity index (χ3v) is 3.59. The molecule has 0 radical (unpaired) electrons. The summed E-state index contributed by atoms with van der Waals surface area (Å²) in [5.41, 5.74) is -0.0966. The van der Waals surface area contributed by atoms with Crippen molar-refractivity contribution in [2.24, 2.45) is 4.99 Å². The highest BCUT2D eigenvalue weighted by Crippen LogP contribution is 2.19. The second-order valence-corrected chi connectivity index (χ2v) is 5.31. The summed E-state index contributed by atoms with van der Waals surface area (Å²) in [4.78, 5) is 14.1. The normalized spacial score (nSPS) is 16.7. The molecule has 0 aliphatic carbocycles. The van der Waals surface area contributed by atoms with Crippen LogP contribution in [0.1, 0.15) is 0 Å². The molecule has 0 unspecified atom stereocenters. The Morgan fingerprint density at radius 2 is 2.05 bits per heavy atom. The molecule has 1 aromatic rings. The predicted molar refractivity (Wildman–Crippen MR) is 64.0 cm³/mol. The third kappa shape index (κ3) is 2.79. The number of hydrogen-bond acceptors (Lipinski definition) is 5. The Hall–Kier alpha value is -2.22. The van der Waals surface area contributed by atoms with Gasteiger partial charge in [0.25, 0.3) is 0 Å². The molecule has 6 nitrogen and oxygen atoms in total. The van der Waals surface area contributed by atoms with E-state index in [-0.39, 0.29) is 18.1 Å². The van der Waals surface area contributed by atoms with Crippen LogP contribution in [0.3, 0.4) is 0 Å². The van der Waals surface area contributed by atoms with Gasteiger partial charge in [0.05, 0.1) is 11.1 Å².